The lowest BCUT2D eigenvalue weighted by Crippen LogP contribution is -2.48. The zero-order chi connectivity index (χ0) is 19.7. The molecule has 1 N–H and O–H groups in total. The molecular formula is C20H26N6O2. The molecule has 1 saturated carbocycles. The second kappa shape index (κ2) is 7.69. The van der Waals surface area contributed by atoms with Gasteiger partial charge < -0.3 is 9.80 Å². The average Bonchev–Trinajstić information content (AvgIpc) is 3.39. The van der Waals surface area contributed by atoms with Gasteiger partial charge in [-0.3, -0.25) is 9.59 Å². The Kier molecular flexibility index (Phi) is 5.11. The van der Waals surface area contributed by atoms with Crippen LogP contribution < -0.4 is 0 Å². The second-order valence-corrected chi connectivity index (χ2v) is 8.08. The van der Waals surface area contributed by atoms with E-state index in [9.17, 15) is 9.59 Å². The predicted molar refractivity (Wildman–Crippen MR) is 103 cm³/mol. The number of benzene rings is 1. The Morgan fingerprint density at radius 2 is 2.07 bits per heavy atom. The van der Waals surface area contributed by atoms with E-state index in [1.807, 2.05) is 28.0 Å². The van der Waals surface area contributed by atoms with Crippen molar-refractivity contribution in [3.8, 4) is 11.4 Å². The highest BCUT2D eigenvalue weighted by molar-refractivity contribution is 6.00. The number of H-pyrrole nitrogens is 1. The Morgan fingerprint density at radius 1 is 1.29 bits per heavy atom. The summed E-state index contributed by atoms with van der Waals surface area (Å²) in [6.07, 6.45) is 2.77. The van der Waals surface area contributed by atoms with Crippen molar-refractivity contribution in [1.82, 2.24) is 30.4 Å². The maximum Gasteiger partial charge on any atom is 0.254 e. The van der Waals surface area contributed by atoms with E-state index in [1.165, 1.54) is 12.8 Å². The summed E-state index contributed by atoms with van der Waals surface area (Å²) in [4.78, 5) is 30.0. The molecule has 2 aromatic rings. The topological polar surface area (TPSA) is 95.1 Å². The highest BCUT2D eigenvalue weighted by atomic mass is 16.2. The van der Waals surface area contributed by atoms with Crippen LogP contribution in [0.4, 0.5) is 0 Å². The summed E-state index contributed by atoms with van der Waals surface area (Å²) in [5, 5.41) is 14.1. The smallest absolute Gasteiger partial charge is 0.254 e. The van der Waals surface area contributed by atoms with Gasteiger partial charge in [0.15, 0.2) is 0 Å². The van der Waals surface area contributed by atoms with Crippen molar-refractivity contribution < 1.29 is 9.59 Å². The summed E-state index contributed by atoms with van der Waals surface area (Å²) in [5.41, 5.74) is 1.18. The first kappa shape index (κ1) is 18.6. The number of nitrogens with zero attached hydrogens (tertiary/aromatic N) is 5. The normalized spacial score (nSPS) is 20.5. The number of carbonyl (C=O) groups excluding carboxylic acids is 2. The Bertz CT molecular complexity index is 846. The zero-order valence-corrected chi connectivity index (χ0v) is 16.3. The van der Waals surface area contributed by atoms with Gasteiger partial charge in [0.05, 0.1) is 11.6 Å². The van der Waals surface area contributed by atoms with Crippen molar-refractivity contribution in [3.05, 3.63) is 29.8 Å². The van der Waals surface area contributed by atoms with Crippen LogP contribution in [0.25, 0.3) is 11.4 Å². The molecule has 8 nitrogen and oxygen atoms in total. The molecule has 1 atom stereocenters. The SMILES string of the molecule is CC(C)[C@H]1CN(C(=O)c2ccccc2-c2nn[nH]n2)CCC(=O)N1CC1CC1. The Hall–Kier alpha value is -2.77. The molecule has 1 aromatic heterocycles. The summed E-state index contributed by atoms with van der Waals surface area (Å²) in [6, 6.07) is 7.33. The largest absolute Gasteiger partial charge is 0.337 e. The Morgan fingerprint density at radius 3 is 2.75 bits per heavy atom. The third-order valence-electron chi connectivity index (χ3n) is 5.68. The van der Waals surface area contributed by atoms with E-state index in [0.29, 0.717) is 42.4 Å². The number of hydrogen-bond acceptors (Lipinski definition) is 5. The lowest BCUT2D eigenvalue weighted by molar-refractivity contribution is -0.133. The summed E-state index contributed by atoms with van der Waals surface area (Å²) in [6.45, 7) is 6.06. The minimum Gasteiger partial charge on any atom is -0.337 e. The Labute approximate surface area is 164 Å². The first-order chi connectivity index (χ1) is 13.5. The number of amides is 2. The highest BCUT2D eigenvalue weighted by Crippen LogP contribution is 2.32. The van der Waals surface area contributed by atoms with Gasteiger partial charge in [-0.15, -0.1) is 10.2 Å². The molecule has 1 aromatic carbocycles. The monoisotopic (exact) mass is 382 g/mol. The maximum absolute atomic E-state index is 13.4. The minimum absolute atomic E-state index is 0.0388. The molecule has 0 unspecified atom stereocenters. The molecule has 148 valence electrons. The molecule has 28 heavy (non-hydrogen) atoms. The van der Waals surface area contributed by atoms with Crippen LogP contribution in [0.2, 0.25) is 0 Å². The van der Waals surface area contributed by atoms with E-state index < -0.39 is 0 Å². The number of aromatic nitrogens is 4. The van der Waals surface area contributed by atoms with Gasteiger partial charge >= 0.3 is 0 Å². The van der Waals surface area contributed by atoms with Crippen molar-refractivity contribution in [3.63, 3.8) is 0 Å². The fourth-order valence-corrected chi connectivity index (χ4v) is 3.86. The second-order valence-electron chi connectivity index (χ2n) is 8.08. The van der Waals surface area contributed by atoms with Crippen LogP contribution in [-0.2, 0) is 4.79 Å². The molecule has 4 rings (SSSR count). The molecule has 1 aliphatic heterocycles. The quantitative estimate of drug-likeness (QED) is 0.853. The van der Waals surface area contributed by atoms with E-state index in [-0.39, 0.29) is 23.8 Å². The fourth-order valence-electron chi connectivity index (χ4n) is 3.86. The summed E-state index contributed by atoms with van der Waals surface area (Å²) >= 11 is 0. The number of nitrogens with one attached hydrogen (secondary N) is 1. The summed E-state index contributed by atoms with van der Waals surface area (Å²) in [7, 11) is 0. The van der Waals surface area contributed by atoms with E-state index in [0.717, 1.165) is 6.54 Å². The van der Waals surface area contributed by atoms with Crippen LogP contribution in [0.5, 0.6) is 0 Å². The molecular weight excluding hydrogens is 356 g/mol. The third kappa shape index (κ3) is 3.76. The van der Waals surface area contributed by atoms with Crippen molar-refractivity contribution in [2.45, 2.75) is 39.2 Å². The predicted octanol–water partition coefficient (Wildman–Crippen LogP) is 1.98. The molecule has 2 amide bonds. The van der Waals surface area contributed by atoms with Crippen molar-refractivity contribution >= 4 is 11.8 Å². The van der Waals surface area contributed by atoms with Crippen molar-refractivity contribution in [1.29, 1.82) is 0 Å². The molecule has 0 radical (unpaired) electrons. The fraction of sp³-hybridized carbons (Fsp3) is 0.550. The van der Waals surface area contributed by atoms with Gasteiger partial charge in [-0.05, 0) is 36.0 Å². The van der Waals surface area contributed by atoms with Crippen LogP contribution >= 0.6 is 0 Å². The van der Waals surface area contributed by atoms with Crippen molar-refractivity contribution in [2.24, 2.45) is 11.8 Å². The Balaban J connectivity index is 1.60. The highest BCUT2D eigenvalue weighted by Gasteiger charge is 2.37. The van der Waals surface area contributed by atoms with Gasteiger partial charge in [-0.2, -0.15) is 5.21 Å². The van der Waals surface area contributed by atoms with Gasteiger partial charge in [-0.1, -0.05) is 32.0 Å². The van der Waals surface area contributed by atoms with Crippen LogP contribution in [0, 0.1) is 11.8 Å². The molecule has 1 aliphatic carbocycles. The molecule has 0 bridgehead atoms. The number of carbonyl (C=O) groups is 2. The van der Waals surface area contributed by atoms with Crippen LogP contribution in [0.3, 0.4) is 0 Å². The van der Waals surface area contributed by atoms with E-state index in [4.69, 9.17) is 0 Å². The van der Waals surface area contributed by atoms with Crippen molar-refractivity contribution in [2.75, 3.05) is 19.6 Å². The van der Waals surface area contributed by atoms with Crippen LogP contribution in [0.15, 0.2) is 24.3 Å². The maximum atomic E-state index is 13.4. The van der Waals surface area contributed by atoms with E-state index >= 15 is 0 Å². The van der Waals surface area contributed by atoms with Gasteiger partial charge in [0.25, 0.3) is 5.91 Å². The average molecular weight is 382 g/mol. The molecule has 8 heteroatoms. The van der Waals surface area contributed by atoms with Crippen LogP contribution in [-0.4, -0.2) is 67.9 Å². The minimum atomic E-state index is -0.0906. The molecule has 2 fully saturated rings. The standard InChI is InChI=1S/C20H26N6O2/c1-13(2)17-12-25(10-9-18(27)26(17)11-14-7-8-14)20(28)16-6-4-3-5-15(16)19-21-23-24-22-19/h3-6,13-14,17H,7-12H2,1-2H3,(H,21,22,23,24)/t17-/m1/s1. The van der Waals surface area contributed by atoms with Gasteiger partial charge in [0.1, 0.15) is 0 Å². The van der Waals surface area contributed by atoms with E-state index in [1.54, 1.807) is 6.07 Å². The van der Waals surface area contributed by atoms with Gasteiger partial charge in [0.2, 0.25) is 11.7 Å². The number of aromatic amines is 1. The van der Waals surface area contributed by atoms with Gasteiger partial charge in [-0.25, -0.2) is 0 Å². The lowest BCUT2D eigenvalue weighted by atomic mass is 10.0. The number of hydrogen-bond donors (Lipinski definition) is 1. The molecule has 1 saturated heterocycles. The third-order valence-corrected chi connectivity index (χ3v) is 5.68. The first-order valence-electron chi connectivity index (χ1n) is 9.96. The number of rotatable bonds is 5. The lowest BCUT2D eigenvalue weighted by Gasteiger charge is -2.35. The van der Waals surface area contributed by atoms with E-state index in [2.05, 4.69) is 34.5 Å². The molecule has 2 aliphatic rings. The first-order valence-corrected chi connectivity index (χ1v) is 9.96. The molecule has 0 spiro atoms. The summed E-state index contributed by atoms with van der Waals surface area (Å²) in [5.74, 6) is 1.38. The van der Waals surface area contributed by atoms with Crippen LogP contribution in [0.1, 0.15) is 43.5 Å². The number of tetrazole rings is 1. The summed E-state index contributed by atoms with van der Waals surface area (Å²) < 4.78 is 0. The molecule has 2 heterocycles. The zero-order valence-electron chi connectivity index (χ0n) is 16.3. The van der Waals surface area contributed by atoms with Gasteiger partial charge in [0, 0.05) is 31.6 Å².